The van der Waals surface area contributed by atoms with Crippen molar-refractivity contribution in [2.24, 2.45) is 5.73 Å². The van der Waals surface area contributed by atoms with Gasteiger partial charge in [-0.2, -0.15) is 0 Å². The van der Waals surface area contributed by atoms with Crippen LogP contribution in [0.25, 0.3) is 0 Å². The number of nitrogens with two attached hydrogens (primary N) is 1. The predicted molar refractivity (Wildman–Crippen MR) is 64.2 cm³/mol. The molecule has 1 atom stereocenters. The van der Waals surface area contributed by atoms with E-state index in [0.717, 1.165) is 18.5 Å². The van der Waals surface area contributed by atoms with Crippen LogP contribution in [0.15, 0.2) is 22.7 Å². The lowest BCUT2D eigenvalue weighted by atomic mass is 10.1. The highest BCUT2D eigenvalue weighted by atomic mass is 79.9. The molecule has 0 aliphatic rings. The number of halogens is 2. The van der Waals surface area contributed by atoms with Crippen LogP contribution in [0.2, 0.25) is 0 Å². The average Bonchev–Trinajstić information content (AvgIpc) is 2.22. The topological polar surface area (TPSA) is 38.0 Å². The Morgan fingerprint density at radius 1 is 1.53 bits per heavy atom. The first-order valence-electron chi connectivity index (χ1n) is 5.03. The zero-order chi connectivity index (χ0) is 11.3. The molecule has 1 rings (SSSR count). The van der Waals surface area contributed by atoms with E-state index in [1.54, 1.807) is 12.1 Å². The quantitative estimate of drug-likeness (QED) is 0.810. The summed E-state index contributed by atoms with van der Waals surface area (Å²) < 4.78 is 13.5. The van der Waals surface area contributed by atoms with Crippen LogP contribution in [-0.2, 0) is 0 Å². The fourth-order valence-corrected chi connectivity index (χ4v) is 1.72. The van der Waals surface area contributed by atoms with E-state index in [1.165, 1.54) is 6.07 Å². The van der Waals surface area contributed by atoms with Crippen molar-refractivity contribution in [3.8, 4) is 0 Å². The van der Waals surface area contributed by atoms with Gasteiger partial charge in [0.25, 0.3) is 0 Å². The van der Waals surface area contributed by atoms with Gasteiger partial charge >= 0.3 is 0 Å². The van der Waals surface area contributed by atoms with E-state index in [9.17, 15) is 4.39 Å². The van der Waals surface area contributed by atoms with Crippen LogP contribution in [0.5, 0.6) is 0 Å². The molecule has 0 spiro atoms. The lowest BCUT2D eigenvalue weighted by Crippen LogP contribution is -2.21. The van der Waals surface area contributed by atoms with Crippen molar-refractivity contribution in [2.75, 3.05) is 13.1 Å². The van der Waals surface area contributed by atoms with E-state index in [1.807, 2.05) is 0 Å². The van der Waals surface area contributed by atoms with Gasteiger partial charge in [-0.05, 0) is 60.1 Å². The molecule has 0 bridgehead atoms. The Morgan fingerprint density at radius 2 is 2.27 bits per heavy atom. The van der Waals surface area contributed by atoms with E-state index >= 15 is 0 Å². The summed E-state index contributed by atoms with van der Waals surface area (Å²) in [5, 5.41) is 3.32. The number of nitrogens with one attached hydrogen (secondary N) is 1. The first kappa shape index (κ1) is 12.6. The molecule has 0 aliphatic carbocycles. The molecule has 4 heteroatoms. The average molecular weight is 275 g/mol. The van der Waals surface area contributed by atoms with Gasteiger partial charge in [0.05, 0.1) is 4.47 Å². The maximum Gasteiger partial charge on any atom is 0.137 e. The first-order chi connectivity index (χ1) is 7.15. The highest BCUT2D eigenvalue weighted by molar-refractivity contribution is 9.10. The van der Waals surface area contributed by atoms with Gasteiger partial charge < -0.3 is 11.1 Å². The molecule has 0 aromatic heterocycles. The molecule has 0 radical (unpaired) electrons. The fourth-order valence-electron chi connectivity index (χ4n) is 1.32. The normalized spacial score (nSPS) is 12.8. The van der Waals surface area contributed by atoms with Crippen molar-refractivity contribution in [3.05, 3.63) is 34.1 Å². The van der Waals surface area contributed by atoms with Crippen LogP contribution in [0, 0.1) is 5.82 Å². The minimum atomic E-state index is -0.229. The molecule has 0 fully saturated rings. The zero-order valence-electron chi connectivity index (χ0n) is 8.76. The van der Waals surface area contributed by atoms with E-state index in [0.29, 0.717) is 11.0 Å². The molecule has 15 heavy (non-hydrogen) atoms. The predicted octanol–water partition coefficient (Wildman–Crippen LogP) is 2.59. The summed E-state index contributed by atoms with van der Waals surface area (Å²) >= 11 is 3.17. The van der Waals surface area contributed by atoms with Gasteiger partial charge in [-0.25, -0.2) is 4.39 Å². The molecular weight excluding hydrogens is 259 g/mol. The Balaban J connectivity index is 2.57. The van der Waals surface area contributed by atoms with Crippen molar-refractivity contribution in [1.82, 2.24) is 5.32 Å². The fraction of sp³-hybridized carbons (Fsp3) is 0.455. The summed E-state index contributed by atoms with van der Waals surface area (Å²) in [6.45, 7) is 3.62. The molecule has 1 unspecified atom stereocenters. The molecule has 0 heterocycles. The highest BCUT2D eigenvalue weighted by Gasteiger charge is 2.06. The van der Waals surface area contributed by atoms with E-state index in [-0.39, 0.29) is 11.9 Å². The van der Waals surface area contributed by atoms with Crippen LogP contribution in [-0.4, -0.2) is 13.1 Å². The summed E-state index contributed by atoms with van der Waals surface area (Å²) in [4.78, 5) is 0. The minimum Gasteiger partial charge on any atom is -0.330 e. The number of rotatable bonds is 5. The largest absolute Gasteiger partial charge is 0.330 e. The maximum atomic E-state index is 13.0. The van der Waals surface area contributed by atoms with Gasteiger partial charge in [-0.1, -0.05) is 6.07 Å². The Bertz CT molecular complexity index is 317. The first-order valence-corrected chi connectivity index (χ1v) is 5.83. The Kier molecular flexibility index (Phi) is 5.22. The molecular formula is C11H16BrFN2. The lowest BCUT2D eigenvalue weighted by molar-refractivity contribution is 0.558. The second-order valence-electron chi connectivity index (χ2n) is 3.49. The van der Waals surface area contributed by atoms with Crippen molar-refractivity contribution >= 4 is 15.9 Å². The van der Waals surface area contributed by atoms with Gasteiger partial charge in [0, 0.05) is 6.04 Å². The van der Waals surface area contributed by atoms with Gasteiger partial charge in [0.1, 0.15) is 5.82 Å². The Hall–Kier alpha value is -0.450. The SMILES string of the molecule is CC(NCCCN)c1ccc(F)c(Br)c1. The third kappa shape index (κ3) is 3.89. The van der Waals surface area contributed by atoms with Crippen LogP contribution in [0.1, 0.15) is 24.9 Å². The molecule has 0 amide bonds. The lowest BCUT2D eigenvalue weighted by Gasteiger charge is -2.14. The summed E-state index contributed by atoms with van der Waals surface area (Å²) in [7, 11) is 0. The van der Waals surface area contributed by atoms with Crippen molar-refractivity contribution in [2.45, 2.75) is 19.4 Å². The Labute approximate surface area is 98.2 Å². The molecule has 2 nitrogen and oxygen atoms in total. The molecule has 84 valence electrons. The zero-order valence-corrected chi connectivity index (χ0v) is 10.3. The van der Waals surface area contributed by atoms with Gasteiger partial charge in [-0.15, -0.1) is 0 Å². The second kappa shape index (κ2) is 6.20. The number of benzene rings is 1. The second-order valence-corrected chi connectivity index (χ2v) is 4.35. The summed E-state index contributed by atoms with van der Waals surface area (Å²) in [6, 6.07) is 5.28. The third-order valence-corrected chi connectivity index (χ3v) is 2.88. The smallest absolute Gasteiger partial charge is 0.137 e. The van der Waals surface area contributed by atoms with Crippen LogP contribution >= 0.6 is 15.9 Å². The van der Waals surface area contributed by atoms with Crippen molar-refractivity contribution in [1.29, 1.82) is 0 Å². The standard InChI is InChI=1S/C11H16BrFN2/c1-8(15-6-2-5-14)9-3-4-11(13)10(12)7-9/h3-4,7-8,15H,2,5-6,14H2,1H3. The van der Waals surface area contributed by atoms with Crippen LogP contribution in [0.3, 0.4) is 0 Å². The maximum absolute atomic E-state index is 13.0. The molecule has 0 saturated heterocycles. The monoisotopic (exact) mass is 274 g/mol. The van der Waals surface area contributed by atoms with E-state index in [4.69, 9.17) is 5.73 Å². The van der Waals surface area contributed by atoms with Crippen molar-refractivity contribution in [3.63, 3.8) is 0 Å². The molecule has 1 aromatic carbocycles. The van der Waals surface area contributed by atoms with Crippen molar-refractivity contribution < 1.29 is 4.39 Å². The van der Waals surface area contributed by atoms with E-state index in [2.05, 4.69) is 28.2 Å². The summed E-state index contributed by atoms with van der Waals surface area (Å²) in [5.74, 6) is -0.229. The molecule has 0 saturated carbocycles. The van der Waals surface area contributed by atoms with Crippen LogP contribution < -0.4 is 11.1 Å². The third-order valence-electron chi connectivity index (χ3n) is 2.28. The molecule has 1 aromatic rings. The molecule has 0 aliphatic heterocycles. The number of hydrogen-bond donors (Lipinski definition) is 2. The van der Waals surface area contributed by atoms with Gasteiger partial charge in [-0.3, -0.25) is 0 Å². The van der Waals surface area contributed by atoms with Gasteiger partial charge in [0.15, 0.2) is 0 Å². The Morgan fingerprint density at radius 3 is 2.87 bits per heavy atom. The van der Waals surface area contributed by atoms with Crippen LogP contribution in [0.4, 0.5) is 4.39 Å². The number of hydrogen-bond acceptors (Lipinski definition) is 2. The minimum absolute atomic E-state index is 0.216. The molecule has 3 N–H and O–H groups in total. The van der Waals surface area contributed by atoms with E-state index < -0.39 is 0 Å². The highest BCUT2D eigenvalue weighted by Crippen LogP contribution is 2.20. The van der Waals surface area contributed by atoms with Gasteiger partial charge in [0.2, 0.25) is 0 Å². The summed E-state index contributed by atoms with van der Waals surface area (Å²) in [6.07, 6.45) is 0.951. The summed E-state index contributed by atoms with van der Waals surface area (Å²) in [5.41, 5.74) is 6.47.